The van der Waals surface area contributed by atoms with Crippen LogP contribution in [0.15, 0.2) is 24.3 Å². The minimum absolute atomic E-state index is 0.0139. The summed E-state index contributed by atoms with van der Waals surface area (Å²) < 4.78 is 5.75. The molecule has 2 N–H and O–H groups in total. The van der Waals surface area contributed by atoms with Crippen molar-refractivity contribution in [2.75, 3.05) is 6.61 Å². The maximum absolute atomic E-state index is 6.14. The summed E-state index contributed by atoms with van der Waals surface area (Å²) in [6, 6.07) is 8.59. The molecule has 0 aliphatic carbocycles. The van der Waals surface area contributed by atoms with Crippen molar-refractivity contribution in [3.05, 3.63) is 35.4 Å². The third kappa shape index (κ3) is 5.19. The molecule has 2 heteroatoms. The van der Waals surface area contributed by atoms with Crippen LogP contribution in [0.2, 0.25) is 0 Å². The lowest BCUT2D eigenvalue weighted by atomic mass is 10.0. The van der Waals surface area contributed by atoms with E-state index in [-0.39, 0.29) is 6.04 Å². The fourth-order valence-corrected chi connectivity index (χ4v) is 2.07. The minimum atomic E-state index is -0.0139. The number of ether oxygens (including phenoxy) is 1. The summed E-state index contributed by atoms with van der Waals surface area (Å²) >= 11 is 0. The highest BCUT2D eigenvalue weighted by molar-refractivity contribution is 5.25. The Labute approximate surface area is 112 Å². The van der Waals surface area contributed by atoms with E-state index in [1.54, 1.807) is 0 Å². The molecule has 0 fully saturated rings. The van der Waals surface area contributed by atoms with Gasteiger partial charge in [-0.1, -0.05) is 51.0 Å². The monoisotopic (exact) mass is 249 g/mol. The quantitative estimate of drug-likeness (QED) is 0.759. The van der Waals surface area contributed by atoms with Gasteiger partial charge in [-0.25, -0.2) is 0 Å². The maximum Gasteiger partial charge on any atom is 0.0662 e. The van der Waals surface area contributed by atoms with Gasteiger partial charge < -0.3 is 10.5 Å². The standard InChI is InChI=1S/C16H27NO/c1-4-6-13(3)18-12-16(17)15-10-8-14(7-5-2)9-11-15/h8-11,13,16H,4-7,12,17H2,1-3H3. The fraction of sp³-hybridized carbons (Fsp3) is 0.625. The molecule has 2 atom stereocenters. The molecule has 0 aliphatic rings. The first kappa shape index (κ1) is 15.2. The molecule has 0 amide bonds. The van der Waals surface area contributed by atoms with Crippen LogP contribution in [0, 0.1) is 0 Å². The first-order valence-corrected chi connectivity index (χ1v) is 7.13. The van der Waals surface area contributed by atoms with Gasteiger partial charge in [0.15, 0.2) is 0 Å². The zero-order valence-corrected chi connectivity index (χ0v) is 12.0. The molecule has 0 saturated carbocycles. The maximum atomic E-state index is 6.14. The van der Waals surface area contributed by atoms with Crippen LogP contribution in [0.4, 0.5) is 0 Å². The zero-order valence-electron chi connectivity index (χ0n) is 12.0. The van der Waals surface area contributed by atoms with E-state index in [1.807, 2.05) is 0 Å². The molecular formula is C16H27NO. The lowest BCUT2D eigenvalue weighted by Crippen LogP contribution is -2.20. The third-order valence-electron chi connectivity index (χ3n) is 3.20. The molecule has 1 aromatic rings. The molecule has 102 valence electrons. The summed E-state index contributed by atoms with van der Waals surface area (Å²) in [4.78, 5) is 0. The summed E-state index contributed by atoms with van der Waals surface area (Å²) in [6.45, 7) is 7.09. The number of aryl methyl sites for hydroxylation is 1. The zero-order chi connectivity index (χ0) is 13.4. The molecule has 1 rings (SSSR count). The van der Waals surface area contributed by atoms with E-state index in [0.717, 1.165) is 19.3 Å². The lowest BCUT2D eigenvalue weighted by Gasteiger charge is -2.17. The summed E-state index contributed by atoms with van der Waals surface area (Å²) in [5.74, 6) is 0. The predicted octanol–water partition coefficient (Wildman–Crippen LogP) is 3.84. The Morgan fingerprint density at radius 3 is 2.33 bits per heavy atom. The van der Waals surface area contributed by atoms with Crippen molar-refractivity contribution in [1.29, 1.82) is 0 Å². The average molecular weight is 249 g/mol. The van der Waals surface area contributed by atoms with Gasteiger partial charge in [0.2, 0.25) is 0 Å². The van der Waals surface area contributed by atoms with Gasteiger partial charge in [-0.3, -0.25) is 0 Å². The predicted molar refractivity (Wildman–Crippen MR) is 77.7 cm³/mol. The normalized spacial score (nSPS) is 14.4. The number of hydrogen-bond acceptors (Lipinski definition) is 2. The number of benzene rings is 1. The van der Waals surface area contributed by atoms with Gasteiger partial charge in [0, 0.05) is 0 Å². The summed E-state index contributed by atoms with van der Waals surface area (Å²) in [5, 5.41) is 0. The van der Waals surface area contributed by atoms with E-state index in [4.69, 9.17) is 10.5 Å². The summed E-state index contributed by atoms with van der Waals surface area (Å²) in [5.41, 5.74) is 8.69. The largest absolute Gasteiger partial charge is 0.377 e. The SMILES string of the molecule is CCCc1ccc(C(N)COC(C)CCC)cc1. The van der Waals surface area contributed by atoms with Crippen molar-refractivity contribution in [2.45, 2.75) is 58.6 Å². The minimum Gasteiger partial charge on any atom is -0.377 e. The van der Waals surface area contributed by atoms with Crippen molar-refractivity contribution in [2.24, 2.45) is 5.73 Å². The van der Waals surface area contributed by atoms with Crippen LogP contribution in [0.5, 0.6) is 0 Å². The van der Waals surface area contributed by atoms with E-state index in [2.05, 4.69) is 45.0 Å². The second-order valence-corrected chi connectivity index (χ2v) is 5.03. The van der Waals surface area contributed by atoms with Crippen LogP contribution in [-0.4, -0.2) is 12.7 Å². The molecule has 0 spiro atoms. The van der Waals surface area contributed by atoms with E-state index < -0.39 is 0 Å². The second-order valence-electron chi connectivity index (χ2n) is 5.03. The van der Waals surface area contributed by atoms with Gasteiger partial charge in [0.05, 0.1) is 18.8 Å². The average Bonchev–Trinajstić information content (AvgIpc) is 2.37. The van der Waals surface area contributed by atoms with E-state index >= 15 is 0 Å². The molecule has 0 bridgehead atoms. The topological polar surface area (TPSA) is 35.2 Å². The first-order chi connectivity index (χ1) is 8.67. The van der Waals surface area contributed by atoms with Crippen LogP contribution in [0.25, 0.3) is 0 Å². The Balaban J connectivity index is 2.43. The second kappa shape index (κ2) is 8.28. The highest BCUT2D eigenvalue weighted by atomic mass is 16.5. The van der Waals surface area contributed by atoms with Crippen LogP contribution in [0.1, 0.15) is 57.2 Å². The molecule has 2 nitrogen and oxygen atoms in total. The van der Waals surface area contributed by atoms with Gasteiger partial charge in [0.25, 0.3) is 0 Å². The van der Waals surface area contributed by atoms with Crippen LogP contribution in [0.3, 0.4) is 0 Å². The van der Waals surface area contributed by atoms with Crippen LogP contribution < -0.4 is 5.73 Å². The van der Waals surface area contributed by atoms with Gasteiger partial charge in [-0.15, -0.1) is 0 Å². The Hall–Kier alpha value is -0.860. The van der Waals surface area contributed by atoms with Gasteiger partial charge >= 0.3 is 0 Å². The Morgan fingerprint density at radius 2 is 1.78 bits per heavy atom. The Morgan fingerprint density at radius 1 is 1.11 bits per heavy atom. The molecule has 0 aliphatic heterocycles. The Bertz CT molecular complexity index is 320. The summed E-state index contributed by atoms with van der Waals surface area (Å²) in [6.07, 6.45) is 4.88. The fourth-order valence-electron chi connectivity index (χ4n) is 2.07. The van der Waals surface area contributed by atoms with Crippen LogP contribution in [-0.2, 0) is 11.2 Å². The number of hydrogen-bond donors (Lipinski definition) is 1. The Kier molecular flexibility index (Phi) is 6.99. The highest BCUT2D eigenvalue weighted by Crippen LogP contribution is 2.14. The molecule has 0 saturated heterocycles. The van der Waals surface area contributed by atoms with Crippen molar-refractivity contribution < 1.29 is 4.74 Å². The molecule has 0 radical (unpaired) electrons. The van der Waals surface area contributed by atoms with Crippen molar-refractivity contribution >= 4 is 0 Å². The van der Waals surface area contributed by atoms with Crippen molar-refractivity contribution in [3.63, 3.8) is 0 Å². The number of nitrogens with two attached hydrogens (primary N) is 1. The van der Waals surface area contributed by atoms with Gasteiger partial charge in [-0.05, 0) is 30.9 Å². The smallest absolute Gasteiger partial charge is 0.0662 e. The first-order valence-electron chi connectivity index (χ1n) is 7.13. The molecular weight excluding hydrogens is 222 g/mol. The number of rotatable bonds is 8. The molecule has 2 unspecified atom stereocenters. The van der Waals surface area contributed by atoms with Gasteiger partial charge in [0.1, 0.15) is 0 Å². The summed E-state index contributed by atoms with van der Waals surface area (Å²) in [7, 11) is 0. The van der Waals surface area contributed by atoms with E-state index in [1.165, 1.54) is 17.5 Å². The van der Waals surface area contributed by atoms with Crippen molar-refractivity contribution in [1.82, 2.24) is 0 Å². The lowest BCUT2D eigenvalue weighted by molar-refractivity contribution is 0.0503. The third-order valence-corrected chi connectivity index (χ3v) is 3.20. The van der Waals surface area contributed by atoms with E-state index in [0.29, 0.717) is 12.7 Å². The van der Waals surface area contributed by atoms with Crippen LogP contribution >= 0.6 is 0 Å². The highest BCUT2D eigenvalue weighted by Gasteiger charge is 2.08. The molecule has 0 heterocycles. The van der Waals surface area contributed by atoms with Crippen molar-refractivity contribution in [3.8, 4) is 0 Å². The molecule has 1 aromatic carbocycles. The van der Waals surface area contributed by atoms with Gasteiger partial charge in [-0.2, -0.15) is 0 Å². The van der Waals surface area contributed by atoms with E-state index in [9.17, 15) is 0 Å². The molecule has 18 heavy (non-hydrogen) atoms. The molecule has 0 aromatic heterocycles.